The van der Waals surface area contributed by atoms with Crippen LogP contribution in [0.1, 0.15) is 10.4 Å². The summed E-state index contributed by atoms with van der Waals surface area (Å²) in [5.41, 5.74) is 10.7. The summed E-state index contributed by atoms with van der Waals surface area (Å²) in [7, 11) is -2.61. The number of hydrogen-bond donors (Lipinski definition) is 1. The smallest absolute Gasteiger partial charge is 0.129 e. The van der Waals surface area contributed by atoms with Crippen LogP contribution in [0.4, 0.5) is 0 Å². The number of hydrogen-bond acceptors (Lipinski definition) is 3. The van der Waals surface area contributed by atoms with Crippen LogP contribution in [0, 0.1) is 11.5 Å². The molecule has 116 valence electrons. The maximum Gasteiger partial charge on any atom is 0.129 e. The first kappa shape index (κ1) is 18.5. The zero-order valence-electron chi connectivity index (χ0n) is 13.7. The summed E-state index contributed by atoms with van der Waals surface area (Å²) in [5, 5.41) is 0. The summed E-state index contributed by atoms with van der Waals surface area (Å²) in [6, 6.07) is 2.33. The van der Waals surface area contributed by atoms with Crippen LogP contribution in [0.3, 0.4) is 0 Å². The average molecular weight is 357 g/mol. The zero-order chi connectivity index (χ0) is 15.1. The summed E-state index contributed by atoms with van der Waals surface area (Å²) in [6.45, 7) is 13.9. The Hall–Kier alpha value is -0.546. The number of rotatable bonds is 1. The number of amidine groups is 1. The molecule has 1 unspecified atom stereocenters. The third-order valence-corrected chi connectivity index (χ3v) is 8.74. The predicted molar refractivity (Wildman–Crippen MR) is 104 cm³/mol. The maximum absolute atomic E-state index is 6.15. The molecule has 6 heteroatoms. The van der Waals surface area contributed by atoms with Crippen LogP contribution in [0.15, 0.2) is 11.1 Å². The highest BCUT2D eigenvalue weighted by Gasteiger charge is 2.26. The topological polar surface area (TPSA) is 38.4 Å². The molecule has 0 spiro atoms. The van der Waals surface area contributed by atoms with Crippen LogP contribution < -0.4 is 10.2 Å². The van der Waals surface area contributed by atoms with Gasteiger partial charge in [0.25, 0.3) is 0 Å². The fourth-order valence-corrected chi connectivity index (χ4v) is 5.74. The van der Waals surface area contributed by atoms with Crippen molar-refractivity contribution in [2.45, 2.75) is 51.7 Å². The summed E-state index contributed by atoms with van der Waals surface area (Å²) in [5.74, 6) is 4.03. The second kappa shape index (κ2) is 6.29. The lowest BCUT2D eigenvalue weighted by Gasteiger charge is -2.15. The Morgan fingerprint density at radius 3 is 2.38 bits per heavy atom. The molecule has 0 saturated heterocycles. The Morgan fingerprint density at radius 1 is 1.24 bits per heavy atom. The van der Waals surface area contributed by atoms with Crippen molar-refractivity contribution in [3.05, 3.63) is 16.5 Å². The Labute approximate surface area is 140 Å². The van der Waals surface area contributed by atoms with Crippen molar-refractivity contribution in [3.63, 3.8) is 0 Å². The Kier molecular flexibility index (Phi) is 5.54. The molecule has 0 amide bonds. The third kappa shape index (κ3) is 4.71. The fourth-order valence-electron chi connectivity index (χ4n) is 2.01. The molecule has 2 N–H and O–H groups in total. The first-order chi connectivity index (χ1) is 9.06. The number of nitrogens with two attached hydrogens (primary N) is 1. The van der Waals surface area contributed by atoms with Gasteiger partial charge in [-0.3, -0.25) is 4.99 Å². The van der Waals surface area contributed by atoms with E-state index in [4.69, 9.17) is 5.73 Å². The van der Waals surface area contributed by atoms with E-state index >= 15 is 0 Å². The summed E-state index contributed by atoms with van der Waals surface area (Å²) in [6.07, 6.45) is 0.933. The molecule has 1 atom stereocenters. The molecule has 1 aliphatic heterocycles. The first-order valence-electron chi connectivity index (χ1n) is 7.06. The van der Waals surface area contributed by atoms with Crippen molar-refractivity contribution in [1.82, 2.24) is 0 Å². The minimum atomic E-state index is -1.34. The first-order valence-corrected chi connectivity index (χ1v) is 14.9. The molecule has 1 aliphatic rings. The molecule has 2 rings (SSSR count). The minimum Gasteiger partial charge on any atom is -0.383 e. The van der Waals surface area contributed by atoms with Gasteiger partial charge in [-0.05, 0) is 10.6 Å². The highest BCUT2D eigenvalue weighted by atomic mass is 35.5. The van der Waals surface area contributed by atoms with E-state index < -0.39 is 16.1 Å². The lowest BCUT2D eigenvalue weighted by molar-refractivity contribution is 0.830. The van der Waals surface area contributed by atoms with Crippen molar-refractivity contribution in [2.24, 2.45) is 10.7 Å². The van der Waals surface area contributed by atoms with Gasteiger partial charge in [-0.15, -0.1) is 29.3 Å². The number of thiophene rings is 1. The van der Waals surface area contributed by atoms with Crippen molar-refractivity contribution < 1.29 is 0 Å². The van der Waals surface area contributed by atoms with Gasteiger partial charge < -0.3 is 5.73 Å². The number of aliphatic imine (C=N–C) groups is 1. The largest absolute Gasteiger partial charge is 0.383 e. The summed E-state index contributed by atoms with van der Waals surface area (Å²) in [4.78, 5) is 5.97. The Bertz CT molecular complexity index is 612. The average Bonchev–Trinajstić information content (AvgIpc) is 2.69. The zero-order valence-corrected chi connectivity index (χ0v) is 17.3. The second-order valence-corrected chi connectivity index (χ2v) is 18.7. The highest BCUT2D eigenvalue weighted by Crippen LogP contribution is 2.24. The lowest BCUT2D eigenvalue weighted by atomic mass is 10.1. The van der Waals surface area contributed by atoms with Gasteiger partial charge in [-0.25, -0.2) is 0 Å². The van der Waals surface area contributed by atoms with Crippen LogP contribution in [-0.4, -0.2) is 28.0 Å². The minimum absolute atomic E-state index is 0. The SMILES string of the molecule is C[Si](C)(C)C#CC1Cc2sc([Si](C)(C)C)cc2C(N)=N1.Cl. The van der Waals surface area contributed by atoms with Crippen molar-refractivity contribution >= 4 is 50.2 Å². The molecule has 1 aromatic heterocycles. The van der Waals surface area contributed by atoms with Crippen molar-refractivity contribution in [1.29, 1.82) is 0 Å². The van der Waals surface area contributed by atoms with E-state index in [2.05, 4.69) is 61.8 Å². The van der Waals surface area contributed by atoms with Gasteiger partial charge in [-0.2, -0.15) is 0 Å². The Morgan fingerprint density at radius 2 is 1.86 bits per heavy atom. The highest BCUT2D eigenvalue weighted by molar-refractivity contribution is 7.26. The van der Waals surface area contributed by atoms with Crippen LogP contribution in [0.5, 0.6) is 0 Å². The van der Waals surface area contributed by atoms with E-state index in [0.717, 1.165) is 6.42 Å². The van der Waals surface area contributed by atoms with Gasteiger partial charge >= 0.3 is 0 Å². The molecular formula is C15H25ClN2SSi2. The molecule has 0 radical (unpaired) electrons. The molecule has 2 nitrogen and oxygen atoms in total. The molecule has 0 bridgehead atoms. The standard InChI is InChI=1S/C15H24N2SSi2.ClH/c1-19(2,3)8-7-11-9-13-12(15(16)17-11)10-14(18-13)20(4,5)6;/h10-11H,9H2,1-6H3,(H2,16,17);1H. The molecule has 1 aromatic rings. The van der Waals surface area contributed by atoms with Gasteiger partial charge in [-0.1, -0.05) is 45.2 Å². The van der Waals surface area contributed by atoms with E-state index in [1.54, 1.807) is 0 Å². The summed E-state index contributed by atoms with van der Waals surface area (Å²) < 4.78 is 1.51. The third-order valence-electron chi connectivity index (χ3n) is 3.11. The quantitative estimate of drug-likeness (QED) is 0.608. The van der Waals surface area contributed by atoms with Gasteiger partial charge in [0.15, 0.2) is 0 Å². The van der Waals surface area contributed by atoms with E-state index in [0.29, 0.717) is 5.84 Å². The van der Waals surface area contributed by atoms with E-state index in [1.165, 1.54) is 14.9 Å². The molecule has 0 aromatic carbocycles. The fraction of sp³-hybridized carbons (Fsp3) is 0.533. The van der Waals surface area contributed by atoms with Gasteiger partial charge in [0.1, 0.15) is 20.0 Å². The number of nitrogens with zero attached hydrogens (tertiary/aromatic N) is 1. The van der Waals surface area contributed by atoms with Gasteiger partial charge in [0, 0.05) is 16.9 Å². The molecule has 21 heavy (non-hydrogen) atoms. The molecule has 0 aliphatic carbocycles. The van der Waals surface area contributed by atoms with Crippen molar-refractivity contribution in [2.75, 3.05) is 0 Å². The number of fused-ring (bicyclic) bond motifs is 1. The van der Waals surface area contributed by atoms with Crippen LogP contribution in [0.25, 0.3) is 0 Å². The molecule has 0 saturated carbocycles. The van der Waals surface area contributed by atoms with E-state index in [1.807, 2.05) is 11.3 Å². The molecule has 0 fully saturated rings. The van der Waals surface area contributed by atoms with Crippen LogP contribution in [-0.2, 0) is 6.42 Å². The maximum atomic E-state index is 6.15. The van der Waals surface area contributed by atoms with Crippen LogP contribution >= 0.6 is 23.7 Å². The van der Waals surface area contributed by atoms with Gasteiger partial charge in [0.2, 0.25) is 0 Å². The second-order valence-electron chi connectivity index (χ2n) is 7.45. The summed E-state index contributed by atoms with van der Waals surface area (Å²) >= 11 is 1.93. The normalized spacial score (nSPS) is 18.0. The van der Waals surface area contributed by atoms with Crippen molar-refractivity contribution in [3.8, 4) is 11.5 Å². The Balaban J connectivity index is 0.00000220. The van der Waals surface area contributed by atoms with Gasteiger partial charge in [0.05, 0.1) is 8.07 Å². The molecular weight excluding hydrogens is 332 g/mol. The lowest BCUT2D eigenvalue weighted by Crippen LogP contribution is -2.35. The predicted octanol–water partition coefficient (Wildman–Crippen LogP) is 3.23. The van der Waals surface area contributed by atoms with Crippen LogP contribution in [0.2, 0.25) is 39.3 Å². The monoisotopic (exact) mass is 356 g/mol. The van der Waals surface area contributed by atoms with E-state index in [-0.39, 0.29) is 18.4 Å². The van der Waals surface area contributed by atoms with E-state index in [9.17, 15) is 0 Å². The molecule has 2 heterocycles. The number of halogens is 1.